The van der Waals surface area contributed by atoms with Gasteiger partial charge in [0.15, 0.2) is 0 Å². The third-order valence-corrected chi connectivity index (χ3v) is 4.43. The highest BCUT2D eigenvalue weighted by atomic mass is 19.1. The van der Waals surface area contributed by atoms with Crippen LogP contribution in [0.4, 0.5) is 4.39 Å². The van der Waals surface area contributed by atoms with Gasteiger partial charge in [-0.25, -0.2) is 9.07 Å². The van der Waals surface area contributed by atoms with Gasteiger partial charge in [-0.1, -0.05) is 12.1 Å². The number of aromatic nitrogens is 4. The highest BCUT2D eigenvalue weighted by molar-refractivity contribution is 5.82. The van der Waals surface area contributed by atoms with Crippen LogP contribution in [0.15, 0.2) is 24.3 Å². The smallest absolute Gasteiger partial charge is 0.308 e. The number of carbonyl (C=O) groups is 2. The Kier molecular flexibility index (Phi) is 4.73. The van der Waals surface area contributed by atoms with E-state index in [1.807, 2.05) is 0 Å². The van der Waals surface area contributed by atoms with E-state index in [9.17, 15) is 14.0 Å². The monoisotopic (exact) mass is 347 g/mol. The fraction of sp³-hybridized carbons (Fsp3) is 0.438. The first-order chi connectivity index (χ1) is 12.0. The molecule has 1 amide bonds. The number of carboxylic acid groups (broad SMARTS) is 1. The first-order valence-electron chi connectivity index (χ1n) is 7.96. The number of hydrogen-bond acceptors (Lipinski definition) is 5. The quantitative estimate of drug-likeness (QED) is 0.860. The van der Waals surface area contributed by atoms with Crippen molar-refractivity contribution in [2.45, 2.75) is 25.8 Å². The minimum absolute atomic E-state index is 0.176. The number of carboxylic acids is 1. The Morgan fingerprint density at radius 3 is 2.64 bits per heavy atom. The maximum absolute atomic E-state index is 13.1. The van der Waals surface area contributed by atoms with Crippen LogP contribution in [-0.2, 0) is 16.0 Å². The lowest BCUT2D eigenvalue weighted by Gasteiger charge is -2.23. The Morgan fingerprint density at radius 2 is 2.08 bits per heavy atom. The predicted octanol–water partition coefficient (Wildman–Crippen LogP) is 0.838. The number of rotatable bonds is 5. The van der Waals surface area contributed by atoms with E-state index in [-0.39, 0.29) is 18.3 Å². The van der Waals surface area contributed by atoms with Crippen molar-refractivity contribution in [3.05, 3.63) is 41.5 Å². The van der Waals surface area contributed by atoms with Crippen LogP contribution in [0, 0.1) is 18.7 Å². The van der Waals surface area contributed by atoms with Crippen LogP contribution >= 0.6 is 0 Å². The summed E-state index contributed by atoms with van der Waals surface area (Å²) in [6.45, 7) is 2.25. The number of aryl methyl sites for hydroxylation is 1. The van der Waals surface area contributed by atoms with Crippen molar-refractivity contribution in [2.24, 2.45) is 5.92 Å². The molecule has 0 radical (unpaired) electrons. The highest BCUT2D eigenvalue weighted by Gasteiger charge is 2.35. The largest absolute Gasteiger partial charge is 0.481 e. The van der Waals surface area contributed by atoms with Gasteiger partial charge in [0.1, 0.15) is 17.7 Å². The van der Waals surface area contributed by atoms with Crippen LogP contribution in [-0.4, -0.2) is 55.2 Å². The van der Waals surface area contributed by atoms with E-state index >= 15 is 0 Å². The third-order valence-electron chi connectivity index (χ3n) is 4.43. The van der Waals surface area contributed by atoms with Crippen molar-refractivity contribution in [1.29, 1.82) is 0 Å². The van der Waals surface area contributed by atoms with Crippen molar-refractivity contribution >= 4 is 11.9 Å². The second-order valence-corrected chi connectivity index (χ2v) is 6.13. The van der Waals surface area contributed by atoms with Gasteiger partial charge in [-0.2, -0.15) is 0 Å². The second-order valence-electron chi connectivity index (χ2n) is 6.13. The summed E-state index contributed by atoms with van der Waals surface area (Å²) in [5, 5.41) is 20.4. The number of likely N-dealkylation sites (tertiary alicyclic amines) is 1. The Bertz CT molecular complexity index is 776. The molecule has 1 aliphatic rings. The number of nitrogens with zero attached hydrogens (tertiary/aromatic N) is 5. The normalized spacial score (nSPS) is 18.3. The minimum atomic E-state index is -0.899. The number of amides is 1. The lowest BCUT2D eigenvalue weighted by molar-refractivity contribution is -0.141. The zero-order valence-electron chi connectivity index (χ0n) is 13.7. The molecule has 0 aliphatic carbocycles. The summed E-state index contributed by atoms with van der Waals surface area (Å²) in [4.78, 5) is 25.6. The molecule has 3 rings (SSSR count). The molecule has 9 heteroatoms. The maximum Gasteiger partial charge on any atom is 0.308 e. The molecule has 0 saturated carbocycles. The van der Waals surface area contributed by atoms with Gasteiger partial charge in [0.2, 0.25) is 5.91 Å². The van der Waals surface area contributed by atoms with Crippen LogP contribution in [0.2, 0.25) is 0 Å². The summed E-state index contributed by atoms with van der Waals surface area (Å²) >= 11 is 0. The summed E-state index contributed by atoms with van der Waals surface area (Å²) in [6, 6.07) is 5.19. The van der Waals surface area contributed by atoms with Crippen LogP contribution in [0.25, 0.3) is 0 Å². The van der Waals surface area contributed by atoms with E-state index in [2.05, 4.69) is 15.5 Å². The summed E-state index contributed by atoms with van der Waals surface area (Å²) < 4.78 is 14.5. The highest BCUT2D eigenvalue weighted by Crippen LogP contribution is 2.23. The number of hydrogen-bond donors (Lipinski definition) is 1. The average molecular weight is 347 g/mol. The first-order valence-corrected chi connectivity index (χ1v) is 7.96. The van der Waals surface area contributed by atoms with E-state index in [1.165, 1.54) is 21.7 Å². The van der Waals surface area contributed by atoms with E-state index in [1.54, 1.807) is 19.1 Å². The van der Waals surface area contributed by atoms with Crippen LogP contribution in [0.3, 0.4) is 0 Å². The van der Waals surface area contributed by atoms with Crippen molar-refractivity contribution in [1.82, 2.24) is 25.1 Å². The molecule has 25 heavy (non-hydrogen) atoms. The average Bonchev–Trinajstić information content (AvgIpc) is 3.23. The number of carbonyl (C=O) groups excluding carboxylic acids is 1. The van der Waals surface area contributed by atoms with E-state index in [0.717, 1.165) is 5.56 Å². The summed E-state index contributed by atoms with van der Waals surface area (Å²) in [5.74, 6) is -1.55. The predicted molar refractivity (Wildman–Crippen MR) is 84.0 cm³/mol. The van der Waals surface area contributed by atoms with E-state index < -0.39 is 17.9 Å². The minimum Gasteiger partial charge on any atom is -0.481 e. The van der Waals surface area contributed by atoms with Crippen LogP contribution < -0.4 is 0 Å². The van der Waals surface area contributed by atoms with Crippen molar-refractivity contribution < 1.29 is 19.1 Å². The van der Waals surface area contributed by atoms with Gasteiger partial charge >= 0.3 is 5.97 Å². The molecule has 0 unspecified atom stereocenters. The lowest BCUT2D eigenvalue weighted by Crippen LogP contribution is -2.38. The molecule has 0 spiro atoms. The fourth-order valence-electron chi connectivity index (χ4n) is 3.02. The van der Waals surface area contributed by atoms with E-state index in [0.29, 0.717) is 25.2 Å². The van der Waals surface area contributed by atoms with Gasteiger partial charge in [-0.15, -0.1) is 5.10 Å². The summed E-state index contributed by atoms with van der Waals surface area (Å²) in [6.07, 6.45) is 0.720. The second kappa shape index (κ2) is 6.96. The molecule has 1 saturated heterocycles. The SMILES string of the molecule is Cc1nnnn1[C@@H](Cc1ccc(F)cc1)C(=O)N1CC[C@@H](C(=O)O)C1. The van der Waals surface area contributed by atoms with Gasteiger partial charge in [0.25, 0.3) is 0 Å². The third kappa shape index (κ3) is 3.65. The summed E-state index contributed by atoms with van der Waals surface area (Å²) in [7, 11) is 0. The zero-order chi connectivity index (χ0) is 18.0. The van der Waals surface area contributed by atoms with Gasteiger partial charge < -0.3 is 10.0 Å². The molecule has 1 aromatic heterocycles. The lowest BCUT2D eigenvalue weighted by atomic mass is 10.0. The molecule has 8 nitrogen and oxygen atoms in total. The van der Waals surface area contributed by atoms with Gasteiger partial charge in [-0.05, 0) is 41.5 Å². The molecular weight excluding hydrogens is 329 g/mol. The van der Waals surface area contributed by atoms with Crippen molar-refractivity contribution in [3.8, 4) is 0 Å². The van der Waals surface area contributed by atoms with E-state index in [4.69, 9.17) is 5.11 Å². The van der Waals surface area contributed by atoms with Crippen molar-refractivity contribution in [3.63, 3.8) is 0 Å². The van der Waals surface area contributed by atoms with Gasteiger partial charge in [0.05, 0.1) is 5.92 Å². The Morgan fingerprint density at radius 1 is 1.36 bits per heavy atom. The number of halogens is 1. The Labute approximate surface area is 143 Å². The molecule has 1 fully saturated rings. The van der Waals surface area contributed by atoms with Gasteiger partial charge in [-0.3, -0.25) is 9.59 Å². The Hall–Kier alpha value is -2.84. The molecule has 0 bridgehead atoms. The number of aliphatic carboxylic acids is 1. The molecular formula is C16H18FN5O3. The Balaban J connectivity index is 1.84. The fourth-order valence-corrected chi connectivity index (χ4v) is 3.02. The molecule has 1 N–H and O–H groups in total. The van der Waals surface area contributed by atoms with Crippen LogP contribution in [0.5, 0.6) is 0 Å². The van der Waals surface area contributed by atoms with Crippen molar-refractivity contribution in [2.75, 3.05) is 13.1 Å². The van der Waals surface area contributed by atoms with Gasteiger partial charge in [0, 0.05) is 19.5 Å². The maximum atomic E-state index is 13.1. The molecule has 1 aromatic carbocycles. The van der Waals surface area contributed by atoms with Crippen LogP contribution in [0.1, 0.15) is 23.9 Å². The molecule has 2 atom stereocenters. The molecule has 132 valence electrons. The standard InChI is InChI=1S/C16H18FN5O3/c1-10-18-19-20-22(10)14(8-11-2-4-13(17)5-3-11)15(23)21-7-6-12(9-21)16(24)25/h2-5,12,14H,6-9H2,1H3,(H,24,25)/t12-,14+/m1/s1. The molecule has 2 heterocycles. The zero-order valence-corrected chi connectivity index (χ0v) is 13.7. The number of tetrazole rings is 1. The number of benzene rings is 1. The first kappa shape index (κ1) is 17.0. The molecule has 1 aliphatic heterocycles. The summed E-state index contributed by atoms with van der Waals surface area (Å²) in [5.41, 5.74) is 0.767. The molecule has 2 aromatic rings. The topological polar surface area (TPSA) is 101 Å².